The van der Waals surface area contributed by atoms with E-state index in [4.69, 9.17) is 9.15 Å². The fraction of sp³-hybridized carbons (Fsp3) is 0.0833. The number of benzene rings is 2. The quantitative estimate of drug-likeness (QED) is 0.441. The van der Waals surface area contributed by atoms with Crippen LogP contribution in [0.1, 0.15) is 38.2 Å². The number of carbonyl (C=O) groups excluding carboxylic acids is 2. The van der Waals surface area contributed by atoms with Crippen LogP contribution in [0.15, 0.2) is 71.4 Å². The minimum atomic E-state index is -1.12. The summed E-state index contributed by atoms with van der Waals surface area (Å²) in [5, 5.41) is 9.90. The number of aromatic carboxylic acids is 1. The van der Waals surface area contributed by atoms with E-state index in [9.17, 15) is 19.5 Å². The summed E-state index contributed by atoms with van der Waals surface area (Å²) < 4.78 is 11.1. The molecule has 2 aromatic carbocycles. The minimum Gasteiger partial charge on any atom is -0.493 e. The van der Waals surface area contributed by atoms with E-state index < -0.39 is 11.9 Å². The molecule has 0 aliphatic carbocycles. The van der Waals surface area contributed by atoms with Crippen LogP contribution in [0.4, 0.5) is 11.4 Å². The van der Waals surface area contributed by atoms with Gasteiger partial charge in [0.05, 0.1) is 29.6 Å². The van der Waals surface area contributed by atoms with E-state index in [0.717, 1.165) is 0 Å². The van der Waals surface area contributed by atoms with Crippen molar-refractivity contribution in [3.63, 3.8) is 0 Å². The largest absolute Gasteiger partial charge is 0.493 e. The van der Waals surface area contributed by atoms with Crippen LogP contribution >= 0.6 is 0 Å². The molecule has 0 atom stereocenters. The number of carboxylic acid groups (broad SMARTS) is 1. The molecule has 4 aromatic rings. The number of furan rings is 1. The first-order valence-electron chi connectivity index (χ1n) is 9.60. The number of ether oxygens (including phenoxy) is 1. The highest BCUT2D eigenvalue weighted by atomic mass is 16.5. The number of carboxylic acids is 1. The van der Waals surface area contributed by atoms with E-state index in [0.29, 0.717) is 33.7 Å². The predicted octanol–water partition coefficient (Wildman–Crippen LogP) is 4.72. The van der Waals surface area contributed by atoms with E-state index in [1.54, 1.807) is 48.7 Å². The summed E-state index contributed by atoms with van der Waals surface area (Å²) in [6.45, 7) is 1.37. The molecule has 0 unspecified atom stereocenters. The van der Waals surface area contributed by atoms with Crippen LogP contribution in [0.2, 0.25) is 0 Å². The number of anilines is 2. The zero-order valence-corrected chi connectivity index (χ0v) is 17.2. The molecule has 0 fully saturated rings. The smallest absolute Gasteiger partial charge is 0.335 e. The third kappa shape index (κ3) is 3.69. The highest BCUT2D eigenvalue weighted by Gasteiger charge is 2.26. The molecule has 32 heavy (non-hydrogen) atoms. The van der Waals surface area contributed by atoms with E-state index in [-0.39, 0.29) is 17.1 Å². The Kier molecular flexibility index (Phi) is 5.43. The standard InChI is InChI=1S/C24H18N2O6/c1-14(27)21-12-18-19(8-9-20(31-2)22(18)32-21)26(23(28)16-6-4-10-25-13-16)17-7-3-5-15(11-17)24(29)30/h3-13H,1-2H3,(H,29,30). The van der Waals surface area contributed by atoms with Crippen molar-refractivity contribution in [2.45, 2.75) is 6.92 Å². The monoisotopic (exact) mass is 430 g/mol. The number of hydrogen-bond acceptors (Lipinski definition) is 6. The number of methoxy groups -OCH3 is 1. The van der Waals surface area contributed by atoms with Gasteiger partial charge in [-0.2, -0.15) is 0 Å². The van der Waals surface area contributed by atoms with E-state index in [1.165, 1.54) is 37.3 Å². The SMILES string of the molecule is COc1ccc(N(C(=O)c2cccnc2)c2cccc(C(=O)O)c2)c2cc(C(C)=O)oc12. The van der Waals surface area contributed by atoms with Gasteiger partial charge in [-0.15, -0.1) is 0 Å². The van der Waals surface area contributed by atoms with E-state index in [2.05, 4.69) is 4.98 Å². The van der Waals surface area contributed by atoms with Crippen molar-refractivity contribution in [3.8, 4) is 5.75 Å². The summed E-state index contributed by atoms with van der Waals surface area (Å²) >= 11 is 0. The molecular formula is C24H18N2O6. The first kappa shape index (κ1) is 20.8. The van der Waals surface area contributed by atoms with Crippen molar-refractivity contribution >= 4 is 40.0 Å². The Labute approximate surface area is 182 Å². The normalized spacial score (nSPS) is 10.7. The Morgan fingerprint density at radius 2 is 1.81 bits per heavy atom. The second kappa shape index (κ2) is 8.35. The van der Waals surface area contributed by atoms with Crippen LogP contribution < -0.4 is 9.64 Å². The summed E-state index contributed by atoms with van der Waals surface area (Å²) in [4.78, 5) is 42.5. The lowest BCUT2D eigenvalue weighted by molar-refractivity contribution is 0.0696. The Morgan fingerprint density at radius 1 is 1.03 bits per heavy atom. The van der Waals surface area contributed by atoms with Gasteiger partial charge in [-0.3, -0.25) is 19.5 Å². The Morgan fingerprint density at radius 3 is 2.47 bits per heavy atom. The predicted molar refractivity (Wildman–Crippen MR) is 117 cm³/mol. The van der Waals surface area contributed by atoms with Gasteiger partial charge in [0.1, 0.15) is 0 Å². The average Bonchev–Trinajstić information content (AvgIpc) is 3.26. The van der Waals surface area contributed by atoms with Gasteiger partial charge in [0, 0.05) is 24.7 Å². The second-order valence-electron chi connectivity index (χ2n) is 6.93. The fourth-order valence-corrected chi connectivity index (χ4v) is 3.38. The van der Waals surface area contributed by atoms with Gasteiger partial charge in [0.15, 0.2) is 22.9 Å². The van der Waals surface area contributed by atoms with Crippen LogP contribution in [-0.4, -0.2) is 34.9 Å². The van der Waals surface area contributed by atoms with Crippen LogP contribution in [0, 0.1) is 0 Å². The maximum Gasteiger partial charge on any atom is 0.335 e. The first-order valence-corrected chi connectivity index (χ1v) is 9.60. The molecule has 0 aliphatic rings. The van der Waals surface area contributed by atoms with Crippen molar-refractivity contribution in [1.82, 2.24) is 4.98 Å². The number of aromatic nitrogens is 1. The van der Waals surface area contributed by atoms with Crippen LogP contribution in [0.25, 0.3) is 11.0 Å². The lowest BCUT2D eigenvalue weighted by Crippen LogP contribution is -2.26. The molecule has 0 bridgehead atoms. The highest BCUT2D eigenvalue weighted by Crippen LogP contribution is 2.40. The number of amides is 1. The van der Waals surface area contributed by atoms with Crippen molar-refractivity contribution in [1.29, 1.82) is 0 Å². The van der Waals surface area contributed by atoms with Gasteiger partial charge in [-0.1, -0.05) is 6.07 Å². The summed E-state index contributed by atoms with van der Waals surface area (Å²) in [5.74, 6) is -1.34. The molecule has 0 spiro atoms. The molecular weight excluding hydrogens is 412 g/mol. The number of rotatable bonds is 6. The second-order valence-corrected chi connectivity index (χ2v) is 6.93. The van der Waals surface area contributed by atoms with Gasteiger partial charge in [0.25, 0.3) is 5.91 Å². The van der Waals surface area contributed by atoms with Crippen LogP contribution in [0.5, 0.6) is 5.75 Å². The summed E-state index contributed by atoms with van der Waals surface area (Å²) in [7, 11) is 1.47. The number of pyridine rings is 1. The molecule has 0 aliphatic heterocycles. The van der Waals surface area contributed by atoms with Crippen LogP contribution in [0.3, 0.4) is 0 Å². The van der Waals surface area contributed by atoms with Crippen molar-refractivity contribution in [2.24, 2.45) is 0 Å². The number of fused-ring (bicyclic) bond motifs is 1. The lowest BCUT2D eigenvalue weighted by atomic mass is 10.1. The fourth-order valence-electron chi connectivity index (χ4n) is 3.38. The Bertz CT molecular complexity index is 1340. The molecule has 0 saturated heterocycles. The molecule has 1 amide bonds. The zero-order valence-electron chi connectivity index (χ0n) is 17.2. The summed E-state index contributed by atoms with van der Waals surface area (Å²) in [6, 6.07) is 14.1. The molecule has 0 saturated carbocycles. The Hall–Kier alpha value is -4.46. The molecule has 8 nitrogen and oxygen atoms in total. The number of ketones is 1. The molecule has 8 heteroatoms. The van der Waals surface area contributed by atoms with Crippen molar-refractivity contribution < 1.29 is 28.6 Å². The Balaban J connectivity index is 1.99. The first-order chi connectivity index (χ1) is 15.4. The van der Waals surface area contributed by atoms with E-state index in [1.807, 2.05) is 0 Å². The van der Waals surface area contributed by atoms with Gasteiger partial charge < -0.3 is 14.3 Å². The van der Waals surface area contributed by atoms with Gasteiger partial charge in [0.2, 0.25) is 0 Å². The molecule has 2 aromatic heterocycles. The zero-order chi connectivity index (χ0) is 22.8. The maximum absolute atomic E-state index is 13.6. The topological polar surface area (TPSA) is 110 Å². The van der Waals surface area contributed by atoms with Gasteiger partial charge in [-0.05, 0) is 48.5 Å². The number of Topliss-reactive ketones (excluding diaryl/α,β-unsaturated/α-hetero) is 1. The minimum absolute atomic E-state index is 0.0212. The van der Waals surface area contributed by atoms with Gasteiger partial charge >= 0.3 is 5.97 Å². The number of carbonyl (C=O) groups is 3. The summed E-state index contributed by atoms with van der Waals surface area (Å²) in [5.41, 5.74) is 1.35. The van der Waals surface area contributed by atoms with Crippen molar-refractivity contribution in [3.05, 3.63) is 83.9 Å². The summed E-state index contributed by atoms with van der Waals surface area (Å²) in [6.07, 6.45) is 2.97. The molecule has 0 radical (unpaired) electrons. The third-order valence-corrected chi connectivity index (χ3v) is 4.90. The van der Waals surface area contributed by atoms with Crippen molar-refractivity contribution in [2.75, 3.05) is 12.0 Å². The average molecular weight is 430 g/mol. The molecule has 1 N–H and O–H groups in total. The van der Waals surface area contributed by atoms with Gasteiger partial charge in [-0.25, -0.2) is 4.79 Å². The van der Waals surface area contributed by atoms with E-state index >= 15 is 0 Å². The molecule has 4 rings (SSSR count). The lowest BCUT2D eigenvalue weighted by Gasteiger charge is -2.24. The molecule has 160 valence electrons. The number of nitrogens with zero attached hydrogens (tertiary/aromatic N) is 2. The number of hydrogen-bond donors (Lipinski definition) is 1. The maximum atomic E-state index is 13.6. The molecule has 2 heterocycles. The third-order valence-electron chi connectivity index (χ3n) is 4.90. The van der Waals surface area contributed by atoms with Crippen LogP contribution in [-0.2, 0) is 0 Å². The highest BCUT2D eigenvalue weighted by molar-refractivity contribution is 6.16.